The minimum atomic E-state index is -0.116. The van der Waals surface area contributed by atoms with Crippen molar-refractivity contribution in [2.24, 2.45) is 0 Å². The van der Waals surface area contributed by atoms with E-state index in [1.165, 1.54) is 6.08 Å². The van der Waals surface area contributed by atoms with E-state index in [1.54, 1.807) is 6.08 Å². The molecule has 5 heteroatoms. The van der Waals surface area contributed by atoms with Crippen LogP contribution in [0.15, 0.2) is 36.4 Å². The van der Waals surface area contributed by atoms with Crippen molar-refractivity contribution in [3.8, 4) is 0 Å². The normalized spacial score (nSPS) is 11.0. The lowest BCUT2D eigenvalue weighted by molar-refractivity contribution is -0.116. The van der Waals surface area contributed by atoms with E-state index in [0.717, 1.165) is 18.7 Å². The van der Waals surface area contributed by atoms with Gasteiger partial charge in [-0.3, -0.25) is 4.79 Å². The van der Waals surface area contributed by atoms with Crippen LogP contribution in [0.5, 0.6) is 0 Å². The molecule has 0 aliphatic rings. The first kappa shape index (κ1) is 18.4. The number of benzene rings is 1. The fourth-order valence-corrected chi connectivity index (χ4v) is 1.68. The second kappa shape index (κ2) is 13.0. The largest absolute Gasteiger partial charge is 0.378 e. The van der Waals surface area contributed by atoms with Gasteiger partial charge in [-0.2, -0.15) is 0 Å². The van der Waals surface area contributed by atoms with Crippen molar-refractivity contribution in [3.05, 3.63) is 42.0 Å². The summed E-state index contributed by atoms with van der Waals surface area (Å²) in [5.74, 6) is -0.116. The molecule has 0 saturated carbocycles. The third kappa shape index (κ3) is 10.1. The van der Waals surface area contributed by atoms with Crippen molar-refractivity contribution in [2.45, 2.75) is 6.92 Å². The van der Waals surface area contributed by atoms with E-state index in [0.29, 0.717) is 33.0 Å². The molecular weight excluding hydrogens is 280 g/mol. The van der Waals surface area contributed by atoms with Crippen LogP contribution < -0.4 is 10.6 Å². The molecule has 0 aliphatic carbocycles. The van der Waals surface area contributed by atoms with E-state index in [1.807, 2.05) is 30.3 Å². The third-order valence-corrected chi connectivity index (χ3v) is 2.82. The quantitative estimate of drug-likeness (QED) is 0.453. The Hall–Kier alpha value is -1.69. The van der Waals surface area contributed by atoms with Gasteiger partial charge in [-0.15, -0.1) is 0 Å². The Balaban J connectivity index is 1.94. The minimum Gasteiger partial charge on any atom is -0.378 e. The Bertz CT molecular complexity index is 421. The molecule has 122 valence electrons. The van der Waals surface area contributed by atoms with Crippen LogP contribution >= 0.6 is 0 Å². The first-order valence-corrected chi connectivity index (χ1v) is 7.70. The fraction of sp³-hybridized carbons (Fsp3) is 0.471. The molecule has 1 amide bonds. The maximum absolute atomic E-state index is 11.6. The summed E-state index contributed by atoms with van der Waals surface area (Å²) in [5.41, 5.74) is 1.00. The highest BCUT2D eigenvalue weighted by atomic mass is 16.5. The summed E-state index contributed by atoms with van der Waals surface area (Å²) < 4.78 is 10.7. The van der Waals surface area contributed by atoms with E-state index in [-0.39, 0.29) is 5.91 Å². The van der Waals surface area contributed by atoms with Crippen LogP contribution in [-0.2, 0) is 14.3 Å². The zero-order valence-corrected chi connectivity index (χ0v) is 13.2. The van der Waals surface area contributed by atoms with Gasteiger partial charge in [0.1, 0.15) is 0 Å². The summed E-state index contributed by atoms with van der Waals surface area (Å²) in [6, 6.07) is 9.71. The lowest BCUT2D eigenvalue weighted by Crippen LogP contribution is -2.26. The number of nitrogens with one attached hydrogen (secondary N) is 2. The Morgan fingerprint density at radius 3 is 2.41 bits per heavy atom. The average molecular weight is 306 g/mol. The van der Waals surface area contributed by atoms with Crippen molar-refractivity contribution >= 4 is 12.0 Å². The van der Waals surface area contributed by atoms with Crippen molar-refractivity contribution in [1.82, 2.24) is 10.6 Å². The SMILES string of the molecule is CCNCCOCCOCCNC(=O)/C=C/c1ccccc1. The van der Waals surface area contributed by atoms with Gasteiger partial charge in [-0.05, 0) is 18.2 Å². The molecule has 0 aliphatic heterocycles. The zero-order chi connectivity index (χ0) is 15.9. The Kier molecular flexibility index (Phi) is 10.9. The summed E-state index contributed by atoms with van der Waals surface area (Å²) in [7, 11) is 0. The molecule has 0 unspecified atom stereocenters. The second-order valence-corrected chi connectivity index (χ2v) is 4.61. The van der Waals surface area contributed by atoms with Crippen LogP contribution in [0, 0.1) is 0 Å². The van der Waals surface area contributed by atoms with Crippen LogP contribution in [0.4, 0.5) is 0 Å². The molecule has 0 radical (unpaired) electrons. The van der Waals surface area contributed by atoms with Crippen molar-refractivity contribution in [2.75, 3.05) is 46.1 Å². The number of ether oxygens (including phenoxy) is 2. The smallest absolute Gasteiger partial charge is 0.244 e. The molecule has 0 aromatic heterocycles. The van der Waals surface area contributed by atoms with Gasteiger partial charge >= 0.3 is 0 Å². The number of carbonyl (C=O) groups is 1. The average Bonchev–Trinajstić information content (AvgIpc) is 2.55. The second-order valence-electron chi connectivity index (χ2n) is 4.61. The monoisotopic (exact) mass is 306 g/mol. The highest BCUT2D eigenvalue weighted by Gasteiger charge is 1.95. The molecule has 0 atom stereocenters. The van der Waals surface area contributed by atoms with Gasteiger partial charge in [-0.25, -0.2) is 0 Å². The highest BCUT2D eigenvalue weighted by Crippen LogP contribution is 2.00. The maximum atomic E-state index is 11.6. The van der Waals surface area contributed by atoms with Gasteiger partial charge in [0.05, 0.1) is 26.4 Å². The van der Waals surface area contributed by atoms with Crippen LogP contribution in [0.1, 0.15) is 12.5 Å². The van der Waals surface area contributed by atoms with Crippen LogP contribution in [0.2, 0.25) is 0 Å². The third-order valence-electron chi connectivity index (χ3n) is 2.82. The molecule has 22 heavy (non-hydrogen) atoms. The molecule has 0 fully saturated rings. The maximum Gasteiger partial charge on any atom is 0.244 e. The van der Waals surface area contributed by atoms with Gasteiger partial charge in [0.15, 0.2) is 0 Å². The number of amides is 1. The van der Waals surface area contributed by atoms with Gasteiger partial charge in [0, 0.05) is 19.2 Å². The van der Waals surface area contributed by atoms with Gasteiger partial charge in [0.2, 0.25) is 5.91 Å². The summed E-state index contributed by atoms with van der Waals surface area (Å²) in [5, 5.41) is 5.95. The molecule has 1 aromatic rings. The van der Waals surface area contributed by atoms with E-state index >= 15 is 0 Å². The molecule has 1 rings (SSSR count). The molecule has 5 nitrogen and oxygen atoms in total. The van der Waals surface area contributed by atoms with E-state index in [2.05, 4.69) is 17.6 Å². The molecule has 2 N–H and O–H groups in total. The van der Waals surface area contributed by atoms with Gasteiger partial charge < -0.3 is 20.1 Å². The van der Waals surface area contributed by atoms with Crippen LogP contribution in [-0.4, -0.2) is 52.0 Å². The fourth-order valence-electron chi connectivity index (χ4n) is 1.68. The van der Waals surface area contributed by atoms with Crippen molar-refractivity contribution in [1.29, 1.82) is 0 Å². The molecule has 1 aromatic carbocycles. The number of carbonyl (C=O) groups excluding carboxylic acids is 1. The topological polar surface area (TPSA) is 59.6 Å². The Labute approximate surface area is 132 Å². The Morgan fingerprint density at radius 1 is 1.05 bits per heavy atom. The zero-order valence-electron chi connectivity index (χ0n) is 13.2. The van der Waals surface area contributed by atoms with E-state index in [4.69, 9.17) is 9.47 Å². The molecule has 0 spiro atoms. The lowest BCUT2D eigenvalue weighted by atomic mass is 10.2. The van der Waals surface area contributed by atoms with E-state index in [9.17, 15) is 4.79 Å². The molecule has 0 saturated heterocycles. The standard InChI is InChI=1S/C17H26N2O3/c1-2-18-10-12-21-14-15-22-13-11-19-17(20)9-8-16-6-4-3-5-7-16/h3-9,18H,2,10-15H2,1H3,(H,19,20)/b9-8+. The number of rotatable bonds is 12. The van der Waals surface area contributed by atoms with E-state index < -0.39 is 0 Å². The van der Waals surface area contributed by atoms with Crippen molar-refractivity contribution < 1.29 is 14.3 Å². The first-order chi connectivity index (χ1) is 10.8. The number of hydrogen-bond acceptors (Lipinski definition) is 4. The van der Waals surface area contributed by atoms with Gasteiger partial charge in [0.25, 0.3) is 0 Å². The molecule has 0 heterocycles. The minimum absolute atomic E-state index is 0.116. The van der Waals surface area contributed by atoms with Crippen molar-refractivity contribution in [3.63, 3.8) is 0 Å². The Morgan fingerprint density at radius 2 is 1.73 bits per heavy atom. The van der Waals surface area contributed by atoms with Crippen LogP contribution in [0.3, 0.4) is 0 Å². The summed E-state index contributed by atoms with van der Waals surface area (Å²) in [6.45, 7) is 6.68. The summed E-state index contributed by atoms with van der Waals surface area (Å²) in [6.07, 6.45) is 3.31. The van der Waals surface area contributed by atoms with Gasteiger partial charge in [-0.1, -0.05) is 37.3 Å². The number of likely N-dealkylation sites (N-methyl/N-ethyl adjacent to an activating group) is 1. The number of hydrogen-bond donors (Lipinski definition) is 2. The first-order valence-electron chi connectivity index (χ1n) is 7.70. The lowest BCUT2D eigenvalue weighted by Gasteiger charge is -2.06. The molecule has 0 bridgehead atoms. The molecular formula is C17H26N2O3. The predicted molar refractivity (Wildman–Crippen MR) is 88.7 cm³/mol. The van der Waals surface area contributed by atoms with Crippen LogP contribution in [0.25, 0.3) is 6.08 Å². The predicted octanol–water partition coefficient (Wildman–Crippen LogP) is 1.46. The summed E-state index contributed by atoms with van der Waals surface area (Å²) in [4.78, 5) is 11.6. The summed E-state index contributed by atoms with van der Waals surface area (Å²) >= 11 is 0. The highest BCUT2D eigenvalue weighted by molar-refractivity contribution is 5.91.